The third-order valence-electron chi connectivity index (χ3n) is 4.87. The molecule has 3 heterocycles. The van der Waals surface area contributed by atoms with Gasteiger partial charge in [0.2, 0.25) is 0 Å². The van der Waals surface area contributed by atoms with Crippen molar-refractivity contribution >= 4 is 5.91 Å². The molecule has 1 saturated heterocycles. The number of amides is 1. The largest absolute Gasteiger partial charge is 0.486 e. The summed E-state index contributed by atoms with van der Waals surface area (Å²) >= 11 is 0. The summed E-state index contributed by atoms with van der Waals surface area (Å²) < 4.78 is 10.6. The van der Waals surface area contributed by atoms with E-state index in [1.54, 1.807) is 25.3 Å². The van der Waals surface area contributed by atoms with E-state index in [9.17, 15) is 4.79 Å². The molecule has 4 rings (SSSR count). The maximum absolute atomic E-state index is 13.3. The minimum absolute atomic E-state index is 0.00351. The van der Waals surface area contributed by atoms with E-state index in [2.05, 4.69) is 20.5 Å². The molecule has 3 aromatic rings. The Hall–Kier alpha value is -3.16. The first-order valence-electron chi connectivity index (χ1n) is 9.04. The lowest BCUT2D eigenvalue weighted by Crippen LogP contribution is -2.38. The Kier molecular flexibility index (Phi) is 4.86. The molecule has 1 N–H and O–H groups in total. The van der Waals surface area contributed by atoms with Crippen LogP contribution in [0.1, 0.15) is 52.7 Å². The van der Waals surface area contributed by atoms with Crippen LogP contribution in [0.15, 0.2) is 41.2 Å². The standard InChI is InChI=1S/C19H21N5O3/c1-13-16(23-27-22-13)12-26-18-8-3-2-6-14(18)19(25)24-11-5-4-7-17(24)15-9-10-20-21-15/h2-3,6,8-10,17H,4-5,7,11-12H2,1H3,(H,20,21). The van der Waals surface area contributed by atoms with Gasteiger partial charge in [0.25, 0.3) is 5.91 Å². The van der Waals surface area contributed by atoms with Crippen LogP contribution < -0.4 is 4.74 Å². The molecular weight excluding hydrogens is 346 g/mol. The second-order valence-electron chi connectivity index (χ2n) is 6.60. The van der Waals surface area contributed by atoms with E-state index in [1.807, 2.05) is 23.1 Å². The minimum Gasteiger partial charge on any atom is -0.486 e. The number of aromatic nitrogens is 4. The van der Waals surface area contributed by atoms with Crippen LogP contribution in [0, 0.1) is 6.92 Å². The van der Waals surface area contributed by atoms with Crippen molar-refractivity contribution in [3.05, 3.63) is 59.2 Å². The van der Waals surface area contributed by atoms with Gasteiger partial charge >= 0.3 is 0 Å². The summed E-state index contributed by atoms with van der Waals surface area (Å²) in [5, 5.41) is 14.6. The zero-order valence-corrected chi connectivity index (χ0v) is 15.1. The summed E-state index contributed by atoms with van der Waals surface area (Å²) in [6, 6.07) is 9.22. The van der Waals surface area contributed by atoms with E-state index in [1.165, 1.54) is 0 Å². The van der Waals surface area contributed by atoms with Gasteiger partial charge in [0.15, 0.2) is 0 Å². The predicted molar refractivity (Wildman–Crippen MR) is 96.0 cm³/mol. The Bertz CT molecular complexity index is 906. The van der Waals surface area contributed by atoms with Gasteiger partial charge in [-0.25, -0.2) is 4.63 Å². The molecule has 140 valence electrons. The SMILES string of the molecule is Cc1nonc1COc1ccccc1C(=O)N1CCCCC1c1ccn[nH]1. The zero-order valence-electron chi connectivity index (χ0n) is 15.1. The van der Waals surface area contributed by atoms with Crippen LogP contribution in [0.4, 0.5) is 0 Å². The summed E-state index contributed by atoms with van der Waals surface area (Å²) in [6.07, 6.45) is 4.71. The number of nitrogens with one attached hydrogen (secondary N) is 1. The maximum atomic E-state index is 13.3. The van der Waals surface area contributed by atoms with Crippen LogP contribution in [0.25, 0.3) is 0 Å². The molecule has 0 saturated carbocycles. The molecular formula is C19H21N5O3. The van der Waals surface area contributed by atoms with Crippen molar-refractivity contribution in [1.82, 2.24) is 25.4 Å². The first kappa shape index (κ1) is 17.3. The molecule has 1 unspecified atom stereocenters. The van der Waals surface area contributed by atoms with Gasteiger partial charge in [-0.15, -0.1) is 0 Å². The van der Waals surface area contributed by atoms with E-state index in [-0.39, 0.29) is 18.6 Å². The van der Waals surface area contributed by atoms with Gasteiger partial charge in [-0.2, -0.15) is 5.10 Å². The van der Waals surface area contributed by atoms with Crippen molar-refractivity contribution in [2.45, 2.75) is 38.8 Å². The van der Waals surface area contributed by atoms with Crippen molar-refractivity contribution in [3.8, 4) is 5.75 Å². The Morgan fingerprint density at radius 1 is 1.30 bits per heavy atom. The van der Waals surface area contributed by atoms with Crippen molar-refractivity contribution in [3.63, 3.8) is 0 Å². The number of benzene rings is 1. The zero-order chi connectivity index (χ0) is 18.6. The monoisotopic (exact) mass is 367 g/mol. The van der Waals surface area contributed by atoms with Gasteiger partial charge in [-0.3, -0.25) is 9.89 Å². The highest BCUT2D eigenvalue weighted by Gasteiger charge is 2.30. The number of carbonyl (C=O) groups excluding carboxylic acids is 1. The lowest BCUT2D eigenvalue weighted by molar-refractivity contribution is 0.0601. The fraction of sp³-hybridized carbons (Fsp3) is 0.368. The minimum atomic E-state index is -0.0418. The third kappa shape index (κ3) is 3.55. The number of carbonyl (C=O) groups is 1. The third-order valence-corrected chi connectivity index (χ3v) is 4.87. The van der Waals surface area contributed by atoms with Gasteiger partial charge in [0.1, 0.15) is 23.7 Å². The molecule has 2 aromatic heterocycles. The Morgan fingerprint density at radius 2 is 2.19 bits per heavy atom. The molecule has 0 bridgehead atoms. The molecule has 1 fully saturated rings. The van der Waals surface area contributed by atoms with E-state index in [4.69, 9.17) is 9.37 Å². The van der Waals surface area contributed by atoms with E-state index in [0.29, 0.717) is 29.2 Å². The molecule has 1 amide bonds. The smallest absolute Gasteiger partial charge is 0.258 e. The molecule has 1 aliphatic rings. The number of para-hydroxylation sites is 1. The van der Waals surface area contributed by atoms with Crippen LogP contribution >= 0.6 is 0 Å². The fourth-order valence-corrected chi connectivity index (χ4v) is 3.40. The number of nitrogens with zero attached hydrogens (tertiary/aromatic N) is 4. The van der Waals surface area contributed by atoms with Gasteiger partial charge in [0, 0.05) is 12.7 Å². The summed E-state index contributed by atoms with van der Waals surface area (Å²) in [7, 11) is 0. The number of likely N-dealkylation sites (tertiary alicyclic amines) is 1. The molecule has 8 nitrogen and oxygen atoms in total. The van der Waals surface area contributed by atoms with Crippen molar-refractivity contribution in [2.75, 3.05) is 6.54 Å². The average molecular weight is 367 g/mol. The number of rotatable bonds is 5. The lowest BCUT2D eigenvalue weighted by atomic mass is 9.98. The predicted octanol–water partition coefficient (Wildman–Crippen LogP) is 3.05. The number of piperidine rings is 1. The second kappa shape index (κ2) is 7.61. The first-order chi connectivity index (χ1) is 13.2. The Balaban J connectivity index is 1.57. The van der Waals surface area contributed by atoms with Crippen LogP contribution in [-0.4, -0.2) is 37.9 Å². The number of hydrogen-bond donors (Lipinski definition) is 1. The van der Waals surface area contributed by atoms with Crippen LogP contribution in [0.5, 0.6) is 5.75 Å². The van der Waals surface area contributed by atoms with Crippen molar-refractivity contribution in [1.29, 1.82) is 0 Å². The van der Waals surface area contributed by atoms with Gasteiger partial charge in [-0.05, 0) is 44.4 Å². The molecule has 27 heavy (non-hydrogen) atoms. The molecule has 1 aromatic carbocycles. The summed E-state index contributed by atoms with van der Waals surface area (Å²) in [5.74, 6) is 0.485. The number of aromatic amines is 1. The molecule has 0 aliphatic carbocycles. The summed E-state index contributed by atoms with van der Waals surface area (Å²) in [5.41, 5.74) is 2.79. The number of ether oxygens (including phenoxy) is 1. The number of hydrogen-bond acceptors (Lipinski definition) is 6. The number of aryl methyl sites for hydroxylation is 1. The molecule has 0 radical (unpaired) electrons. The van der Waals surface area contributed by atoms with E-state index >= 15 is 0 Å². The highest BCUT2D eigenvalue weighted by molar-refractivity contribution is 5.97. The normalized spacial score (nSPS) is 17.1. The van der Waals surface area contributed by atoms with E-state index in [0.717, 1.165) is 25.0 Å². The first-order valence-corrected chi connectivity index (χ1v) is 9.04. The molecule has 1 aliphatic heterocycles. The molecule has 0 spiro atoms. The molecule has 8 heteroatoms. The Labute approximate surface area is 156 Å². The van der Waals surface area contributed by atoms with E-state index < -0.39 is 0 Å². The average Bonchev–Trinajstić information content (AvgIpc) is 3.38. The summed E-state index contributed by atoms with van der Waals surface area (Å²) in [4.78, 5) is 15.2. The lowest BCUT2D eigenvalue weighted by Gasteiger charge is -2.35. The summed E-state index contributed by atoms with van der Waals surface area (Å²) in [6.45, 7) is 2.71. The van der Waals surface area contributed by atoms with Crippen LogP contribution in [0.3, 0.4) is 0 Å². The van der Waals surface area contributed by atoms with Crippen molar-refractivity contribution in [2.24, 2.45) is 0 Å². The quantitative estimate of drug-likeness (QED) is 0.744. The number of H-pyrrole nitrogens is 1. The second-order valence-corrected chi connectivity index (χ2v) is 6.60. The van der Waals surface area contributed by atoms with Crippen LogP contribution in [0.2, 0.25) is 0 Å². The topological polar surface area (TPSA) is 97.1 Å². The molecule has 1 atom stereocenters. The highest BCUT2D eigenvalue weighted by Crippen LogP contribution is 2.32. The van der Waals surface area contributed by atoms with Gasteiger partial charge < -0.3 is 9.64 Å². The van der Waals surface area contributed by atoms with Gasteiger partial charge in [0.05, 0.1) is 17.3 Å². The van der Waals surface area contributed by atoms with Crippen molar-refractivity contribution < 1.29 is 14.2 Å². The Morgan fingerprint density at radius 3 is 2.96 bits per heavy atom. The van der Waals surface area contributed by atoms with Gasteiger partial charge in [-0.1, -0.05) is 22.4 Å². The highest BCUT2D eigenvalue weighted by atomic mass is 16.6. The maximum Gasteiger partial charge on any atom is 0.258 e. The fourth-order valence-electron chi connectivity index (χ4n) is 3.40. The van der Waals surface area contributed by atoms with Crippen LogP contribution in [-0.2, 0) is 6.61 Å².